The highest BCUT2D eigenvalue weighted by Gasteiger charge is 2.16. The highest BCUT2D eigenvalue weighted by atomic mass is 35.5. The van der Waals surface area contributed by atoms with E-state index in [1.54, 1.807) is 26.1 Å². The fraction of sp³-hybridized carbons (Fsp3) is 0.250. The summed E-state index contributed by atoms with van der Waals surface area (Å²) in [6.45, 7) is 2.17. The van der Waals surface area contributed by atoms with Crippen LogP contribution in [0.4, 0.5) is 0 Å². The quantitative estimate of drug-likeness (QED) is 0.854. The Morgan fingerprint density at radius 3 is 2.94 bits per heavy atom. The van der Waals surface area contributed by atoms with Gasteiger partial charge in [0.15, 0.2) is 0 Å². The Hall–Kier alpha value is -1.88. The van der Waals surface area contributed by atoms with Crippen molar-refractivity contribution >= 4 is 17.5 Å². The molecule has 0 aliphatic carbocycles. The molecule has 0 radical (unpaired) electrons. The first-order chi connectivity index (χ1) is 8.58. The molecular formula is C12H12ClN3O2. The summed E-state index contributed by atoms with van der Waals surface area (Å²) in [5.74, 6) is 0.538. The Balaban J connectivity index is 2.12. The predicted molar refractivity (Wildman–Crippen MR) is 66.3 cm³/mol. The van der Waals surface area contributed by atoms with Crippen LogP contribution in [0.5, 0.6) is 0 Å². The molecule has 0 unspecified atom stereocenters. The molecule has 0 saturated heterocycles. The summed E-state index contributed by atoms with van der Waals surface area (Å²) < 4.78 is 4.95. The minimum atomic E-state index is -0.178. The second-order valence-corrected chi connectivity index (χ2v) is 4.35. The number of pyridine rings is 1. The number of rotatable bonds is 3. The lowest BCUT2D eigenvalue weighted by molar-refractivity contribution is 0.0782. The first kappa shape index (κ1) is 12.6. The topological polar surface area (TPSA) is 59.2 Å². The van der Waals surface area contributed by atoms with Crippen LogP contribution in [0.15, 0.2) is 29.0 Å². The minimum absolute atomic E-state index is 0.178. The van der Waals surface area contributed by atoms with Gasteiger partial charge < -0.3 is 9.42 Å². The zero-order valence-corrected chi connectivity index (χ0v) is 10.8. The van der Waals surface area contributed by atoms with Crippen LogP contribution < -0.4 is 0 Å². The lowest BCUT2D eigenvalue weighted by atomic mass is 10.2. The van der Waals surface area contributed by atoms with Crippen LogP contribution >= 0.6 is 11.6 Å². The van der Waals surface area contributed by atoms with Gasteiger partial charge in [0.1, 0.15) is 11.5 Å². The number of amides is 1. The summed E-state index contributed by atoms with van der Waals surface area (Å²) in [5.41, 5.74) is 1.13. The van der Waals surface area contributed by atoms with Gasteiger partial charge >= 0.3 is 0 Å². The smallest absolute Gasteiger partial charge is 0.255 e. The molecule has 0 aliphatic heterocycles. The lowest BCUT2D eigenvalue weighted by Crippen LogP contribution is -2.26. The average Bonchev–Trinajstić information content (AvgIpc) is 2.74. The van der Waals surface area contributed by atoms with Crippen molar-refractivity contribution in [2.75, 3.05) is 7.05 Å². The molecular weight excluding hydrogens is 254 g/mol. The van der Waals surface area contributed by atoms with Crippen molar-refractivity contribution in [1.29, 1.82) is 0 Å². The van der Waals surface area contributed by atoms with E-state index < -0.39 is 0 Å². The number of carbonyl (C=O) groups is 1. The van der Waals surface area contributed by atoms with Crippen molar-refractivity contribution in [2.24, 2.45) is 0 Å². The maximum Gasteiger partial charge on any atom is 0.255 e. The third-order valence-corrected chi connectivity index (χ3v) is 2.73. The van der Waals surface area contributed by atoms with Crippen LogP contribution in [-0.4, -0.2) is 28.0 Å². The van der Waals surface area contributed by atoms with Gasteiger partial charge in [-0.15, -0.1) is 0 Å². The minimum Gasteiger partial charge on any atom is -0.361 e. The van der Waals surface area contributed by atoms with Gasteiger partial charge in [-0.25, -0.2) is 0 Å². The summed E-state index contributed by atoms with van der Waals surface area (Å²) in [4.78, 5) is 17.5. The van der Waals surface area contributed by atoms with Gasteiger partial charge in [0.05, 0.1) is 17.1 Å². The molecule has 94 valence electrons. The Morgan fingerprint density at radius 1 is 1.56 bits per heavy atom. The Bertz CT molecular complexity index is 568. The average molecular weight is 266 g/mol. The number of hydrogen-bond donors (Lipinski definition) is 0. The van der Waals surface area contributed by atoms with Gasteiger partial charge in [-0.05, 0) is 13.0 Å². The van der Waals surface area contributed by atoms with Crippen molar-refractivity contribution in [3.8, 4) is 0 Å². The molecule has 0 N–H and O–H groups in total. The maximum atomic E-state index is 12.1. The Morgan fingerprint density at radius 2 is 2.33 bits per heavy atom. The summed E-state index contributed by atoms with van der Waals surface area (Å²) in [6, 6.07) is 3.38. The standard InChI is InChI=1S/C12H12ClN3O2/c1-8-5-9(15-18-8)7-16(2)12(17)10-3-4-14-6-11(10)13/h3-6H,7H2,1-2H3. The summed E-state index contributed by atoms with van der Waals surface area (Å²) in [7, 11) is 1.68. The fourth-order valence-electron chi connectivity index (χ4n) is 1.56. The van der Waals surface area contributed by atoms with Gasteiger partial charge in [0, 0.05) is 25.5 Å². The Kier molecular flexibility index (Phi) is 3.62. The number of carbonyl (C=O) groups excluding carboxylic acids is 1. The highest BCUT2D eigenvalue weighted by molar-refractivity contribution is 6.33. The SMILES string of the molecule is Cc1cc(CN(C)C(=O)c2ccncc2Cl)no1. The van der Waals surface area contributed by atoms with Gasteiger partial charge in [-0.2, -0.15) is 0 Å². The van der Waals surface area contributed by atoms with Gasteiger partial charge in [-0.3, -0.25) is 9.78 Å². The normalized spacial score (nSPS) is 10.4. The number of halogens is 1. The van der Waals surface area contributed by atoms with Crippen molar-refractivity contribution < 1.29 is 9.32 Å². The molecule has 0 aromatic carbocycles. The van der Waals surface area contributed by atoms with E-state index in [4.69, 9.17) is 16.1 Å². The summed E-state index contributed by atoms with van der Waals surface area (Å²) >= 11 is 5.93. The van der Waals surface area contributed by atoms with Gasteiger partial charge in [-0.1, -0.05) is 16.8 Å². The molecule has 2 rings (SSSR count). The molecule has 5 nitrogen and oxygen atoms in total. The van der Waals surface area contributed by atoms with Crippen molar-refractivity contribution in [2.45, 2.75) is 13.5 Å². The second-order valence-electron chi connectivity index (χ2n) is 3.95. The van der Waals surface area contributed by atoms with Crippen LogP contribution in [-0.2, 0) is 6.54 Å². The lowest BCUT2D eigenvalue weighted by Gasteiger charge is -2.15. The molecule has 0 saturated carbocycles. The van der Waals surface area contributed by atoms with E-state index in [1.807, 2.05) is 0 Å². The van der Waals surface area contributed by atoms with Crippen LogP contribution in [0, 0.1) is 6.92 Å². The van der Waals surface area contributed by atoms with Crippen LogP contribution in [0.25, 0.3) is 0 Å². The first-order valence-corrected chi connectivity index (χ1v) is 5.73. The molecule has 2 aromatic rings. The van der Waals surface area contributed by atoms with E-state index in [-0.39, 0.29) is 5.91 Å². The molecule has 0 spiro atoms. The Labute approximate surface area is 109 Å². The zero-order chi connectivity index (χ0) is 13.1. The molecule has 1 amide bonds. The van der Waals surface area contributed by atoms with Crippen LogP contribution in [0.3, 0.4) is 0 Å². The summed E-state index contributed by atoms with van der Waals surface area (Å²) in [5, 5.41) is 4.18. The third kappa shape index (κ3) is 2.68. The molecule has 0 aliphatic rings. The molecule has 18 heavy (non-hydrogen) atoms. The van der Waals surface area contributed by atoms with E-state index in [2.05, 4.69) is 10.1 Å². The molecule has 0 bridgehead atoms. The number of nitrogens with zero attached hydrogens (tertiary/aromatic N) is 3. The van der Waals surface area contributed by atoms with Crippen molar-refractivity contribution in [3.63, 3.8) is 0 Å². The largest absolute Gasteiger partial charge is 0.361 e. The third-order valence-electron chi connectivity index (χ3n) is 2.43. The highest BCUT2D eigenvalue weighted by Crippen LogP contribution is 2.16. The van der Waals surface area contributed by atoms with Crippen molar-refractivity contribution in [1.82, 2.24) is 15.0 Å². The number of aryl methyl sites for hydroxylation is 1. The molecule has 0 fully saturated rings. The van der Waals surface area contributed by atoms with E-state index in [0.29, 0.717) is 28.6 Å². The fourth-order valence-corrected chi connectivity index (χ4v) is 1.76. The van der Waals surface area contributed by atoms with Crippen molar-refractivity contribution in [3.05, 3.63) is 46.6 Å². The first-order valence-electron chi connectivity index (χ1n) is 5.35. The van der Waals surface area contributed by atoms with E-state index in [9.17, 15) is 4.79 Å². The maximum absolute atomic E-state index is 12.1. The zero-order valence-electron chi connectivity index (χ0n) is 10.1. The number of hydrogen-bond acceptors (Lipinski definition) is 4. The second kappa shape index (κ2) is 5.18. The van der Waals surface area contributed by atoms with E-state index >= 15 is 0 Å². The summed E-state index contributed by atoms with van der Waals surface area (Å²) in [6.07, 6.45) is 2.98. The van der Waals surface area contributed by atoms with Gasteiger partial charge in [0.2, 0.25) is 0 Å². The van der Waals surface area contributed by atoms with Gasteiger partial charge in [0.25, 0.3) is 5.91 Å². The van der Waals surface area contributed by atoms with E-state index in [1.165, 1.54) is 17.3 Å². The van der Waals surface area contributed by atoms with Crippen LogP contribution in [0.2, 0.25) is 5.02 Å². The molecule has 0 atom stereocenters. The molecule has 6 heteroatoms. The van der Waals surface area contributed by atoms with Crippen LogP contribution in [0.1, 0.15) is 21.8 Å². The number of aromatic nitrogens is 2. The molecule has 2 aromatic heterocycles. The van der Waals surface area contributed by atoms with E-state index in [0.717, 1.165) is 0 Å². The predicted octanol–water partition coefficient (Wildman–Crippen LogP) is 2.30. The molecule has 2 heterocycles. The monoisotopic (exact) mass is 265 g/mol.